The maximum Gasteiger partial charge on any atom is 0.322 e. The van der Waals surface area contributed by atoms with Gasteiger partial charge in [-0.2, -0.15) is 0 Å². The normalized spacial score (nSPS) is 16.3. The molecule has 20 heavy (non-hydrogen) atoms. The van der Waals surface area contributed by atoms with Crippen LogP contribution in [0, 0.1) is 0 Å². The van der Waals surface area contributed by atoms with Gasteiger partial charge < -0.3 is 15.4 Å². The molecule has 1 heterocycles. The van der Waals surface area contributed by atoms with Crippen LogP contribution in [0.3, 0.4) is 0 Å². The Labute approximate surface area is 128 Å². The number of rotatable bonds is 4. The molecule has 2 N–H and O–H groups in total. The third-order valence-corrected chi connectivity index (χ3v) is 4.44. The van der Waals surface area contributed by atoms with Gasteiger partial charge in [-0.1, -0.05) is 29.3 Å². The lowest BCUT2D eigenvalue weighted by molar-refractivity contribution is -0.142. The zero-order valence-electron chi connectivity index (χ0n) is 11.4. The van der Waals surface area contributed by atoms with Crippen molar-refractivity contribution in [2.24, 2.45) is 5.73 Å². The Morgan fingerprint density at radius 1 is 1.35 bits per heavy atom. The maximum atomic E-state index is 11.4. The smallest absolute Gasteiger partial charge is 0.322 e. The van der Waals surface area contributed by atoms with Gasteiger partial charge in [0.15, 0.2) is 0 Å². The monoisotopic (exact) mass is 316 g/mol. The van der Waals surface area contributed by atoms with Gasteiger partial charge in [-0.3, -0.25) is 4.79 Å². The Hall–Kier alpha value is -0.970. The van der Waals surface area contributed by atoms with Crippen LogP contribution in [0.2, 0.25) is 10.0 Å². The van der Waals surface area contributed by atoms with Crippen LogP contribution in [0.15, 0.2) is 12.1 Å². The van der Waals surface area contributed by atoms with Crippen molar-refractivity contribution in [3.63, 3.8) is 0 Å². The number of ether oxygens (including phenoxy) is 1. The van der Waals surface area contributed by atoms with Gasteiger partial charge in [0.1, 0.15) is 6.04 Å². The average Bonchev–Trinajstić information content (AvgIpc) is 2.97. The summed E-state index contributed by atoms with van der Waals surface area (Å²) >= 11 is 12.6. The van der Waals surface area contributed by atoms with E-state index in [0.717, 1.165) is 24.3 Å². The number of carbonyl (C=O) groups is 1. The summed E-state index contributed by atoms with van der Waals surface area (Å²) < 4.78 is 4.61. The third-order valence-electron chi connectivity index (χ3n) is 3.53. The molecule has 1 aliphatic rings. The van der Waals surface area contributed by atoms with E-state index in [-0.39, 0.29) is 0 Å². The van der Waals surface area contributed by atoms with Gasteiger partial charge in [0, 0.05) is 13.1 Å². The van der Waals surface area contributed by atoms with Crippen LogP contribution in [0.5, 0.6) is 0 Å². The number of hydrogen-bond acceptors (Lipinski definition) is 4. The molecule has 0 saturated carbocycles. The number of anilines is 1. The topological polar surface area (TPSA) is 55.6 Å². The first-order valence-electron chi connectivity index (χ1n) is 6.60. The number of carbonyl (C=O) groups excluding carboxylic acids is 1. The lowest BCUT2D eigenvalue weighted by Crippen LogP contribution is -2.33. The first kappa shape index (κ1) is 15.4. The zero-order valence-corrected chi connectivity index (χ0v) is 12.9. The fourth-order valence-electron chi connectivity index (χ4n) is 2.41. The summed E-state index contributed by atoms with van der Waals surface area (Å²) in [5.41, 5.74) is 7.46. The predicted molar refractivity (Wildman–Crippen MR) is 81.6 cm³/mol. The number of benzene rings is 1. The minimum atomic E-state index is -0.730. The number of halogens is 2. The summed E-state index contributed by atoms with van der Waals surface area (Å²) in [5.74, 6) is -0.458. The van der Waals surface area contributed by atoms with E-state index >= 15 is 0 Å². The minimum absolute atomic E-state index is 0.311. The van der Waals surface area contributed by atoms with Crippen molar-refractivity contribution in [1.29, 1.82) is 0 Å². The average molecular weight is 317 g/mol. The van der Waals surface area contributed by atoms with E-state index in [9.17, 15) is 4.79 Å². The van der Waals surface area contributed by atoms with E-state index in [1.54, 1.807) is 0 Å². The van der Waals surface area contributed by atoms with Gasteiger partial charge in [-0.25, -0.2) is 0 Å². The Morgan fingerprint density at radius 2 is 2.00 bits per heavy atom. The second-order valence-electron chi connectivity index (χ2n) is 4.90. The highest BCUT2D eigenvalue weighted by atomic mass is 35.5. The number of nitrogens with two attached hydrogens (primary N) is 1. The van der Waals surface area contributed by atoms with Crippen molar-refractivity contribution < 1.29 is 9.53 Å². The van der Waals surface area contributed by atoms with Crippen molar-refractivity contribution in [3.8, 4) is 0 Å². The zero-order chi connectivity index (χ0) is 14.7. The van der Waals surface area contributed by atoms with E-state index in [4.69, 9.17) is 28.9 Å². The van der Waals surface area contributed by atoms with Crippen LogP contribution >= 0.6 is 23.2 Å². The molecule has 6 heteroatoms. The fraction of sp³-hybridized carbons (Fsp3) is 0.500. The first-order valence-corrected chi connectivity index (χ1v) is 7.35. The van der Waals surface area contributed by atoms with E-state index in [0.29, 0.717) is 16.5 Å². The van der Waals surface area contributed by atoms with Crippen molar-refractivity contribution >= 4 is 34.9 Å². The Morgan fingerprint density at radius 3 is 2.60 bits per heavy atom. The van der Waals surface area contributed by atoms with Crippen molar-refractivity contribution in [2.75, 3.05) is 25.1 Å². The quantitative estimate of drug-likeness (QED) is 0.868. The highest BCUT2D eigenvalue weighted by molar-refractivity contribution is 6.44. The summed E-state index contributed by atoms with van der Waals surface area (Å²) in [4.78, 5) is 13.6. The van der Waals surface area contributed by atoms with Gasteiger partial charge in [0.05, 0.1) is 22.8 Å². The molecule has 4 nitrogen and oxygen atoms in total. The predicted octanol–water partition coefficient (Wildman–Crippen LogP) is 2.64. The van der Waals surface area contributed by atoms with Gasteiger partial charge in [0.2, 0.25) is 0 Å². The molecule has 110 valence electrons. The van der Waals surface area contributed by atoms with E-state index in [2.05, 4.69) is 9.64 Å². The summed E-state index contributed by atoms with van der Waals surface area (Å²) in [5, 5.41) is 0.999. The molecule has 1 fully saturated rings. The number of methoxy groups -OCH3 is 1. The van der Waals surface area contributed by atoms with E-state index in [1.807, 2.05) is 12.1 Å². The molecule has 0 aromatic heterocycles. The number of esters is 1. The van der Waals surface area contributed by atoms with Gasteiger partial charge >= 0.3 is 5.97 Å². The summed E-state index contributed by atoms with van der Waals surface area (Å²) in [6.07, 6.45) is 2.65. The molecule has 1 atom stereocenters. The second kappa shape index (κ2) is 6.66. The van der Waals surface area contributed by atoms with Crippen LogP contribution in [0.25, 0.3) is 0 Å². The fourth-order valence-corrected chi connectivity index (χ4v) is 2.95. The molecule has 0 amide bonds. The van der Waals surface area contributed by atoms with Crippen molar-refractivity contribution in [1.82, 2.24) is 0 Å². The maximum absolute atomic E-state index is 11.4. The Bertz CT molecular complexity index is 502. The van der Waals surface area contributed by atoms with Gasteiger partial charge in [-0.15, -0.1) is 0 Å². The van der Waals surface area contributed by atoms with Crippen LogP contribution in [-0.4, -0.2) is 32.2 Å². The third kappa shape index (κ3) is 3.19. The van der Waals surface area contributed by atoms with Crippen molar-refractivity contribution in [2.45, 2.75) is 25.3 Å². The lowest BCUT2D eigenvalue weighted by atomic mass is 10.1. The van der Waals surface area contributed by atoms with Crippen LogP contribution < -0.4 is 10.6 Å². The Kier molecular flexibility index (Phi) is 5.13. The highest BCUT2D eigenvalue weighted by Crippen LogP contribution is 2.37. The van der Waals surface area contributed by atoms with E-state index in [1.165, 1.54) is 20.0 Å². The SMILES string of the molecule is COC(=O)C(N)Cc1ccc(N2CCCC2)c(Cl)c1Cl. The minimum Gasteiger partial charge on any atom is -0.468 e. The molecule has 0 radical (unpaired) electrons. The summed E-state index contributed by atoms with van der Waals surface area (Å²) in [6, 6.07) is 3.09. The molecule has 1 unspecified atom stereocenters. The van der Waals surface area contributed by atoms with Crippen LogP contribution in [-0.2, 0) is 16.0 Å². The molecular weight excluding hydrogens is 299 g/mol. The lowest BCUT2D eigenvalue weighted by Gasteiger charge is -2.21. The molecule has 1 saturated heterocycles. The number of hydrogen-bond donors (Lipinski definition) is 1. The largest absolute Gasteiger partial charge is 0.468 e. The second-order valence-corrected chi connectivity index (χ2v) is 5.66. The molecule has 0 aliphatic carbocycles. The molecule has 1 aromatic carbocycles. The van der Waals surface area contributed by atoms with E-state index < -0.39 is 12.0 Å². The first-order chi connectivity index (χ1) is 9.54. The number of nitrogens with zero attached hydrogens (tertiary/aromatic N) is 1. The van der Waals surface area contributed by atoms with Gasteiger partial charge in [-0.05, 0) is 30.9 Å². The molecule has 0 bridgehead atoms. The van der Waals surface area contributed by atoms with Crippen LogP contribution in [0.4, 0.5) is 5.69 Å². The highest BCUT2D eigenvalue weighted by Gasteiger charge is 2.21. The molecule has 1 aromatic rings. The summed E-state index contributed by atoms with van der Waals surface area (Å²) in [6.45, 7) is 1.99. The Balaban J connectivity index is 2.20. The molecule has 1 aliphatic heterocycles. The summed E-state index contributed by atoms with van der Waals surface area (Å²) in [7, 11) is 1.31. The molecular formula is C14H18Cl2N2O2. The van der Waals surface area contributed by atoms with Gasteiger partial charge in [0.25, 0.3) is 0 Å². The van der Waals surface area contributed by atoms with Crippen LogP contribution in [0.1, 0.15) is 18.4 Å². The molecule has 2 rings (SSSR count). The standard InChI is InChI=1S/C14H18Cl2N2O2/c1-20-14(19)10(17)8-9-4-5-11(13(16)12(9)15)18-6-2-3-7-18/h4-5,10H,2-3,6-8,17H2,1H3. The molecule has 0 spiro atoms. The van der Waals surface area contributed by atoms with Crippen molar-refractivity contribution in [3.05, 3.63) is 27.7 Å².